The quantitative estimate of drug-likeness (QED) is 0.715. The molecule has 0 saturated carbocycles. The first kappa shape index (κ1) is 10.9. The Labute approximate surface area is 108 Å². The molecule has 0 spiro atoms. The van der Waals surface area contributed by atoms with Crippen molar-refractivity contribution in [2.75, 3.05) is 5.73 Å². The average molecular weight is 254 g/mol. The molecule has 0 fully saturated rings. The molecule has 2 heterocycles. The summed E-state index contributed by atoms with van der Waals surface area (Å²) in [5.74, 6) is 0.770. The Morgan fingerprint density at radius 3 is 2.78 bits per heavy atom. The fourth-order valence-corrected chi connectivity index (χ4v) is 2.92. The Bertz CT molecular complexity index is 744. The first-order chi connectivity index (χ1) is 8.70. The molecule has 0 aliphatic carbocycles. The molecule has 0 bridgehead atoms. The normalized spacial score (nSPS) is 10.7. The molecule has 3 rings (SSSR count). The third-order valence-corrected chi connectivity index (χ3v) is 4.17. The maximum Gasteiger partial charge on any atom is 0.145 e. The standard InChI is InChI=1S/C14H10N2OS/c1-8-13(16)12(7-15)18-14(8)11-6-9-4-2-3-5-10(9)17-11/h2-6H,16H2,1H3. The number of para-hydroxylation sites is 1. The highest BCUT2D eigenvalue weighted by Gasteiger charge is 2.16. The van der Waals surface area contributed by atoms with E-state index < -0.39 is 0 Å². The van der Waals surface area contributed by atoms with E-state index in [0.29, 0.717) is 10.6 Å². The van der Waals surface area contributed by atoms with Crippen LogP contribution in [0.3, 0.4) is 0 Å². The second kappa shape index (κ2) is 3.90. The topological polar surface area (TPSA) is 63.0 Å². The van der Waals surface area contributed by atoms with Gasteiger partial charge in [-0.3, -0.25) is 0 Å². The van der Waals surface area contributed by atoms with Crippen LogP contribution in [0.4, 0.5) is 5.69 Å². The average Bonchev–Trinajstić information content (AvgIpc) is 2.92. The van der Waals surface area contributed by atoms with Gasteiger partial charge in [-0.05, 0) is 24.6 Å². The van der Waals surface area contributed by atoms with Gasteiger partial charge in [-0.15, -0.1) is 11.3 Å². The largest absolute Gasteiger partial charge is 0.455 e. The fraction of sp³-hybridized carbons (Fsp3) is 0.0714. The van der Waals surface area contributed by atoms with Crippen LogP contribution in [0, 0.1) is 18.3 Å². The van der Waals surface area contributed by atoms with Gasteiger partial charge in [-0.1, -0.05) is 18.2 Å². The highest BCUT2D eigenvalue weighted by atomic mass is 32.1. The van der Waals surface area contributed by atoms with Crippen molar-refractivity contribution in [3.63, 3.8) is 0 Å². The summed E-state index contributed by atoms with van der Waals surface area (Å²) in [6.45, 7) is 1.91. The lowest BCUT2D eigenvalue weighted by Gasteiger charge is -1.93. The van der Waals surface area contributed by atoms with Crippen molar-refractivity contribution in [3.8, 4) is 16.7 Å². The Kier molecular flexibility index (Phi) is 2.35. The summed E-state index contributed by atoms with van der Waals surface area (Å²) >= 11 is 1.37. The van der Waals surface area contributed by atoms with Crippen molar-refractivity contribution < 1.29 is 4.42 Å². The SMILES string of the molecule is Cc1c(-c2cc3ccccc3o2)sc(C#N)c1N. The number of anilines is 1. The number of furan rings is 1. The van der Waals surface area contributed by atoms with Gasteiger partial charge in [0.15, 0.2) is 0 Å². The van der Waals surface area contributed by atoms with Crippen LogP contribution in [-0.4, -0.2) is 0 Å². The van der Waals surface area contributed by atoms with Crippen molar-refractivity contribution in [2.45, 2.75) is 6.92 Å². The van der Waals surface area contributed by atoms with Crippen LogP contribution in [0.25, 0.3) is 21.6 Å². The lowest BCUT2D eigenvalue weighted by atomic mass is 10.2. The van der Waals surface area contributed by atoms with Gasteiger partial charge >= 0.3 is 0 Å². The number of nitrogens with zero attached hydrogens (tertiary/aromatic N) is 1. The Hall–Kier alpha value is -2.25. The molecular weight excluding hydrogens is 244 g/mol. The molecular formula is C14H10N2OS. The number of thiophene rings is 1. The van der Waals surface area contributed by atoms with E-state index in [9.17, 15) is 0 Å². The summed E-state index contributed by atoms with van der Waals surface area (Å²) in [5, 5.41) is 10.0. The van der Waals surface area contributed by atoms with Crippen LogP contribution in [0.1, 0.15) is 10.4 Å². The molecule has 0 aliphatic heterocycles. The zero-order chi connectivity index (χ0) is 12.7. The number of nitrogens with two attached hydrogens (primary N) is 1. The van der Waals surface area contributed by atoms with Crippen molar-refractivity contribution >= 4 is 28.0 Å². The first-order valence-electron chi connectivity index (χ1n) is 5.48. The van der Waals surface area contributed by atoms with Crippen molar-refractivity contribution in [2.24, 2.45) is 0 Å². The van der Waals surface area contributed by atoms with Crippen LogP contribution in [0.5, 0.6) is 0 Å². The minimum Gasteiger partial charge on any atom is -0.455 e. The number of nitriles is 1. The lowest BCUT2D eigenvalue weighted by Crippen LogP contribution is -1.86. The molecule has 18 heavy (non-hydrogen) atoms. The number of hydrogen-bond donors (Lipinski definition) is 1. The molecule has 4 heteroatoms. The predicted molar refractivity (Wildman–Crippen MR) is 73.4 cm³/mol. The molecule has 3 aromatic rings. The van der Waals surface area contributed by atoms with Gasteiger partial charge in [0.1, 0.15) is 22.3 Å². The summed E-state index contributed by atoms with van der Waals surface area (Å²) < 4.78 is 5.79. The van der Waals surface area contributed by atoms with E-state index in [-0.39, 0.29) is 0 Å². The van der Waals surface area contributed by atoms with Gasteiger partial charge in [0.05, 0.1) is 10.6 Å². The molecule has 1 aromatic carbocycles. The zero-order valence-corrected chi connectivity index (χ0v) is 10.5. The van der Waals surface area contributed by atoms with Crippen molar-refractivity contribution in [1.29, 1.82) is 5.26 Å². The van der Waals surface area contributed by atoms with Crippen LogP contribution in [0.15, 0.2) is 34.7 Å². The molecule has 0 unspecified atom stereocenters. The summed E-state index contributed by atoms with van der Waals surface area (Å²) in [7, 11) is 0. The van der Waals surface area contributed by atoms with E-state index in [1.54, 1.807) is 0 Å². The summed E-state index contributed by atoms with van der Waals surface area (Å²) in [4.78, 5) is 1.48. The Morgan fingerprint density at radius 1 is 1.33 bits per heavy atom. The molecule has 88 valence electrons. The molecule has 0 saturated heterocycles. The molecule has 3 nitrogen and oxygen atoms in total. The van der Waals surface area contributed by atoms with Gasteiger partial charge in [0, 0.05) is 5.39 Å². The third kappa shape index (κ3) is 1.49. The number of nitrogen functional groups attached to an aromatic ring is 1. The second-order valence-electron chi connectivity index (χ2n) is 4.06. The van der Waals surface area contributed by atoms with E-state index >= 15 is 0 Å². The van der Waals surface area contributed by atoms with E-state index in [1.165, 1.54) is 11.3 Å². The van der Waals surface area contributed by atoms with Crippen LogP contribution in [0.2, 0.25) is 0 Å². The lowest BCUT2D eigenvalue weighted by molar-refractivity contribution is 0.633. The molecule has 2 N–H and O–H groups in total. The number of benzene rings is 1. The highest BCUT2D eigenvalue weighted by molar-refractivity contribution is 7.16. The Morgan fingerprint density at radius 2 is 2.11 bits per heavy atom. The minimum absolute atomic E-state index is 0.544. The van der Waals surface area contributed by atoms with Crippen LogP contribution >= 0.6 is 11.3 Å². The summed E-state index contributed by atoms with van der Waals surface area (Å²) in [6.07, 6.45) is 0. The fourth-order valence-electron chi connectivity index (χ4n) is 1.94. The predicted octanol–water partition coefficient (Wildman–Crippen LogP) is 3.92. The molecule has 0 amide bonds. The van der Waals surface area contributed by atoms with Crippen LogP contribution < -0.4 is 5.73 Å². The van der Waals surface area contributed by atoms with Crippen molar-refractivity contribution in [1.82, 2.24) is 0 Å². The highest BCUT2D eigenvalue weighted by Crippen LogP contribution is 2.39. The first-order valence-corrected chi connectivity index (χ1v) is 6.30. The number of rotatable bonds is 1. The summed E-state index contributed by atoms with van der Waals surface area (Å²) in [5.41, 5.74) is 8.20. The third-order valence-electron chi connectivity index (χ3n) is 2.94. The van der Waals surface area contributed by atoms with E-state index in [4.69, 9.17) is 15.4 Å². The summed E-state index contributed by atoms with van der Waals surface area (Å²) in [6, 6.07) is 11.9. The van der Waals surface area contributed by atoms with Gasteiger partial charge in [-0.2, -0.15) is 5.26 Å². The van der Waals surface area contributed by atoms with E-state index in [2.05, 4.69) is 6.07 Å². The van der Waals surface area contributed by atoms with Gasteiger partial charge < -0.3 is 10.2 Å². The number of hydrogen-bond acceptors (Lipinski definition) is 4. The van der Waals surface area contributed by atoms with Gasteiger partial charge in [-0.25, -0.2) is 0 Å². The molecule has 0 radical (unpaired) electrons. The van der Waals surface area contributed by atoms with Crippen LogP contribution in [-0.2, 0) is 0 Å². The minimum atomic E-state index is 0.544. The zero-order valence-electron chi connectivity index (χ0n) is 9.73. The van der Waals surface area contributed by atoms with Crippen molar-refractivity contribution in [3.05, 3.63) is 40.8 Å². The monoisotopic (exact) mass is 254 g/mol. The Balaban J connectivity index is 2.23. The number of fused-ring (bicyclic) bond motifs is 1. The van der Waals surface area contributed by atoms with Gasteiger partial charge in [0.25, 0.3) is 0 Å². The maximum atomic E-state index is 8.99. The molecule has 2 aromatic heterocycles. The second-order valence-corrected chi connectivity index (χ2v) is 5.08. The van der Waals surface area contributed by atoms with E-state index in [0.717, 1.165) is 27.2 Å². The molecule has 0 atom stereocenters. The molecule has 0 aliphatic rings. The smallest absolute Gasteiger partial charge is 0.145 e. The maximum absolute atomic E-state index is 8.99. The van der Waals surface area contributed by atoms with E-state index in [1.807, 2.05) is 37.3 Å². The van der Waals surface area contributed by atoms with Gasteiger partial charge in [0.2, 0.25) is 0 Å².